The summed E-state index contributed by atoms with van der Waals surface area (Å²) in [5, 5.41) is 13.9. The van der Waals surface area contributed by atoms with Crippen LogP contribution in [0.5, 0.6) is 0 Å². The predicted molar refractivity (Wildman–Crippen MR) is 68.6 cm³/mol. The summed E-state index contributed by atoms with van der Waals surface area (Å²) in [6, 6.07) is 0. The molecule has 98 valence electrons. The van der Waals surface area contributed by atoms with Crippen LogP contribution in [0, 0.1) is 0 Å². The summed E-state index contributed by atoms with van der Waals surface area (Å²) in [6.07, 6.45) is 2.86. The summed E-state index contributed by atoms with van der Waals surface area (Å²) in [7, 11) is 0. The lowest BCUT2D eigenvalue weighted by atomic mass is 10.0. The largest absolute Gasteiger partial charge is 0.370 e. The molecule has 3 heterocycles. The van der Waals surface area contributed by atoms with Crippen molar-refractivity contribution in [2.24, 2.45) is 5.73 Å². The SMILES string of the molecule is CC(C)(N)Cc1nn2c(C3CCCO3)nnc2s1. The van der Waals surface area contributed by atoms with Crippen LogP contribution in [0.3, 0.4) is 0 Å². The maximum absolute atomic E-state index is 6.01. The minimum atomic E-state index is -0.257. The lowest BCUT2D eigenvalue weighted by molar-refractivity contribution is 0.103. The molecule has 6 nitrogen and oxygen atoms in total. The molecule has 0 saturated carbocycles. The molecule has 1 fully saturated rings. The standard InChI is InChI=1S/C11H17N5OS/c1-11(2,12)6-8-15-16-9(7-4-3-5-17-7)13-14-10(16)18-8/h7H,3-6,12H2,1-2H3. The van der Waals surface area contributed by atoms with E-state index in [0.29, 0.717) is 0 Å². The van der Waals surface area contributed by atoms with E-state index >= 15 is 0 Å². The first-order valence-corrected chi connectivity index (χ1v) is 6.96. The summed E-state index contributed by atoms with van der Waals surface area (Å²) < 4.78 is 7.44. The van der Waals surface area contributed by atoms with E-state index in [-0.39, 0.29) is 11.6 Å². The summed E-state index contributed by atoms with van der Waals surface area (Å²) in [5.41, 5.74) is 5.76. The molecule has 2 aromatic rings. The van der Waals surface area contributed by atoms with Gasteiger partial charge < -0.3 is 10.5 Å². The quantitative estimate of drug-likeness (QED) is 0.907. The number of nitrogens with zero attached hydrogens (tertiary/aromatic N) is 4. The third-order valence-electron chi connectivity index (χ3n) is 2.88. The van der Waals surface area contributed by atoms with Gasteiger partial charge in [-0.25, -0.2) is 0 Å². The van der Waals surface area contributed by atoms with E-state index in [1.165, 1.54) is 0 Å². The number of fused-ring (bicyclic) bond motifs is 1. The van der Waals surface area contributed by atoms with Crippen LogP contribution in [0.1, 0.15) is 43.6 Å². The Morgan fingerprint density at radius 1 is 1.50 bits per heavy atom. The molecule has 7 heteroatoms. The van der Waals surface area contributed by atoms with Crippen LogP contribution in [0.4, 0.5) is 0 Å². The van der Waals surface area contributed by atoms with Crippen molar-refractivity contribution < 1.29 is 4.74 Å². The molecule has 3 rings (SSSR count). The van der Waals surface area contributed by atoms with E-state index in [0.717, 1.165) is 41.7 Å². The van der Waals surface area contributed by atoms with Crippen molar-refractivity contribution in [3.63, 3.8) is 0 Å². The van der Waals surface area contributed by atoms with Gasteiger partial charge in [0.15, 0.2) is 5.82 Å². The molecule has 0 spiro atoms. The second kappa shape index (κ2) is 4.25. The molecule has 2 N–H and O–H groups in total. The minimum absolute atomic E-state index is 0.0424. The number of aromatic nitrogens is 4. The molecule has 0 radical (unpaired) electrons. The molecule has 0 bridgehead atoms. The monoisotopic (exact) mass is 267 g/mol. The van der Waals surface area contributed by atoms with E-state index in [4.69, 9.17) is 10.5 Å². The van der Waals surface area contributed by atoms with Crippen molar-refractivity contribution in [2.75, 3.05) is 6.61 Å². The zero-order valence-corrected chi connectivity index (χ0v) is 11.4. The van der Waals surface area contributed by atoms with Crippen LogP contribution in [0.2, 0.25) is 0 Å². The smallest absolute Gasteiger partial charge is 0.234 e. The van der Waals surface area contributed by atoms with Gasteiger partial charge in [0.2, 0.25) is 4.96 Å². The third kappa shape index (κ3) is 2.25. The first kappa shape index (κ1) is 12.0. The van der Waals surface area contributed by atoms with Gasteiger partial charge in [-0.15, -0.1) is 10.2 Å². The average Bonchev–Trinajstić information content (AvgIpc) is 2.88. The first-order valence-electron chi connectivity index (χ1n) is 6.14. The Kier molecular flexibility index (Phi) is 2.84. The van der Waals surface area contributed by atoms with Crippen molar-refractivity contribution in [2.45, 2.75) is 44.8 Å². The molecule has 1 aliphatic rings. The first-order chi connectivity index (χ1) is 8.53. The summed E-state index contributed by atoms with van der Waals surface area (Å²) >= 11 is 1.55. The van der Waals surface area contributed by atoms with E-state index in [1.807, 2.05) is 18.4 Å². The summed E-state index contributed by atoms with van der Waals surface area (Å²) in [6.45, 7) is 4.79. The maximum atomic E-state index is 6.01. The van der Waals surface area contributed by atoms with Gasteiger partial charge in [-0.05, 0) is 26.7 Å². The van der Waals surface area contributed by atoms with Crippen LogP contribution in [-0.2, 0) is 11.2 Å². The van der Waals surface area contributed by atoms with Gasteiger partial charge in [-0.1, -0.05) is 11.3 Å². The Morgan fingerprint density at radius 3 is 3.00 bits per heavy atom. The Bertz CT molecular complexity index is 549. The molecule has 2 aromatic heterocycles. The van der Waals surface area contributed by atoms with Gasteiger partial charge in [0.25, 0.3) is 0 Å². The fourth-order valence-corrected chi connectivity index (χ4v) is 3.19. The van der Waals surface area contributed by atoms with Gasteiger partial charge in [-0.3, -0.25) is 0 Å². The van der Waals surface area contributed by atoms with Crippen molar-refractivity contribution in [3.8, 4) is 0 Å². The van der Waals surface area contributed by atoms with Gasteiger partial charge in [0, 0.05) is 18.6 Å². The van der Waals surface area contributed by atoms with E-state index in [2.05, 4.69) is 15.3 Å². The van der Waals surface area contributed by atoms with Crippen LogP contribution < -0.4 is 5.73 Å². The Morgan fingerprint density at radius 2 is 2.33 bits per heavy atom. The number of rotatable bonds is 3. The average molecular weight is 267 g/mol. The normalized spacial score (nSPS) is 20.9. The highest BCUT2D eigenvalue weighted by Gasteiger charge is 2.25. The van der Waals surface area contributed by atoms with Crippen molar-refractivity contribution >= 4 is 16.3 Å². The number of nitrogens with two attached hydrogens (primary N) is 1. The van der Waals surface area contributed by atoms with E-state index in [1.54, 1.807) is 11.3 Å². The molecule has 0 amide bonds. The number of hydrogen-bond acceptors (Lipinski definition) is 6. The fourth-order valence-electron chi connectivity index (χ4n) is 2.11. The molecule has 18 heavy (non-hydrogen) atoms. The van der Waals surface area contributed by atoms with Crippen LogP contribution >= 0.6 is 11.3 Å². The van der Waals surface area contributed by atoms with Crippen molar-refractivity contribution in [3.05, 3.63) is 10.8 Å². The molecule has 0 aliphatic carbocycles. The van der Waals surface area contributed by atoms with Gasteiger partial charge in [0.1, 0.15) is 11.1 Å². The number of ether oxygens (including phenoxy) is 1. The summed E-state index contributed by atoms with van der Waals surface area (Å²) in [5.74, 6) is 0.819. The molecule has 1 saturated heterocycles. The molecule has 1 unspecified atom stereocenters. The minimum Gasteiger partial charge on any atom is -0.370 e. The van der Waals surface area contributed by atoms with Gasteiger partial charge in [-0.2, -0.15) is 9.61 Å². The topological polar surface area (TPSA) is 78.3 Å². The third-order valence-corrected chi connectivity index (χ3v) is 3.78. The molecular formula is C11H17N5OS. The number of hydrogen-bond donors (Lipinski definition) is 1. The zero-order valence-electron chi connectivity index (χ0n) is 10.6. The highest BCUT2D eigenvalue weighted by molar-refractivity contribution is 7.16. The Labute approximate surface area is 109 Å². The van der Waals surface area contributed by atoms with Crippen molar-refractivity contribution in [1.82, 2.24) is 19.8 Å². The molecular weight excluding hydrogens is 250 g/mol. The summed E-state index contributed by atoms with van der Waals surface area (Å²) in [4.78, 5) is 0.819. The van der Waals surface area contributed by atoms with Crippen LogP contribution in [0.15, 0.2) is 0 Å². The van der Waals surface area contributed by atoms with Crippen LogP contribution in [-0.4, -0.2) is 32.0 Å². The molecule has 1 aliphatic heterocycles. The van der Waals surface area contributed by atoms with E-state index < -0.39 is 0 Å². The second-order valence-corrected chi connectivity index (χ2v) is 6.46. The van der Waals surface area contributed by atoms with Crippen LogP contribution in [0.25, 0.3) is 4.96 Å². The highest BCUT2D eigenvalue weighted by Crippen LogP contribution is 2.28. The van der Waals surface area contributed by atoms with Crippen molar-refractivity contribution in [1.29, 1.82) is 0 Å². The fraction of sp³-hybridized carbons (Fsp3) is 0.727. The van der Waals surface area contributed by atoms with Gasteiger partial charge in [0.05, 0.1) is 0 Å². The molecule has 1 atom stereocenters. The van der Waals surface area contributed by atoms with Gasteiger partial charge >= 0.3 is 0 Å². The highest BCUT2D eigenvalue weighted by atomic mass is 32.1. The predicted octanol–water partition coefficient (Wildman–Crippen LogP) is 1.32. The maximum Gasteiger partial charge on any atom is 0.234 e. The second-order valence-electron chi connectivity index (χ2n) is 5.42. The zero-order chi connectivity index (χ0) is 12.8. The van der Waals surface area contributed by atoms with E-state index in [9.17, 15) is 0 Å². The Balaban J connectivity index is 1.92. The lowest BCUT2D eigenvalue weighted by Crippen LogP contribution is -2.34. The Hall–Kier alpha value is -1.05. The lowest BCUT2D eigenvalue weighted by Gasteiger charge is -2.15. The molecule has 0 aromatic carbocycles.